The van der Waals surface area contributed by atoms with E-state index in [9.17, 15) is 19.2 Å². The molecule has 1 unspecified atom stereocenters. The zero-order valence-electron chi connectivity index (χ0n) is 42.9. The molecule has 0 heterocycles. The lowest BCUT2D eigenvalue weighted by atomic mass is 10.0. The molecule has 0 saturated carbocycles. The minimum absolute atomic E-state index is 0.0435. The molecule has 0 aliphatic carbocycles. The summed E-state index contributed by atoms with van der Waals surface area (Å²) in [6.45, 7) is 11.8. The highest BCUT2D eigenvalue weighted by atomic mass is 16.6. The van der Waals surface area contributed by atoms with Crippen molar-refractivity contribution in [2.24, 2.45) is 5.92 Å². The van der Waals surface area contributed by atoms with Crippen molar-refractivity contribution in [1.29, 1.82) is 0 Å². The molecule has 0 bridgehead atoms. The molecule has 9 heteroatoms. The highest BCUT2D eigenvalue weighted by molar-refractivity contribution is 5.70. The van der Waals surface area contributed by atoms with Crippen molar-refractivity contribution in [2.45, 2.75) is 304 Å². The second kappa shape index (κ2) is 48.6. The first-order valence-electron chi connectivity index (χ1n) is 27.7. The molecular weight excluding hydrogens is 803 g/mol. The van der Waals surface area contributed by atoms with Crippen LogP contribution in [0.2, 0.25) is 0 Å². The molecule has 0 aromatic carbocycles. The number of unbranched alkanes of at least 4 members (excludes halogenated alkanes) is 27. The molecule has 1 atom stereocenters. The Balaban J connectivity index is 4.04. The number of alkyl carbamates (subject to hydrolysis) is 1. The van der Waals surface area contributed by atoms with E-state index in [1.807, 2.05) is 6.92 Å². The van der Waals surface area contributed by atoms with E-state index in [0.29, 0.717) is 25.8 Å². The second-order valence-corrected chi connectivity index (χ2v) is 19.2. The first-order valence-corrected chi connectivity index (χ1v) is 27.7. The Hall–Kier alpha value is -2.32. The Morgan fingerprint density at radius 2 is 0.656 bits per heavy atom. The first kappa shape index (κ1) is 61.7. The predicted octanol–water partition coefficient (Wildman–Crippen LogP) is 16.4. The minimum atomic E-state index is -0.451. The SMILES string of the molecule is CCCCCCCCC(CCCCCCCC)OC(=O)CCCCCCCNC(=O)OCC(C)COC(=O)CCCCCCC(=O)OC(CCCCCCCC)CCCCCCCC. The largest absolute Gasteiger partial charge is 0.465 e. The maximum atomic E-state index is 12.7. The summed E-state index contributed by atoms with van der Waals surface area (Å²) in [4.78, 5) is 49.9. The molecular formula is C55H105NO8. The van der Waals surface area contributed by atoms with Gasteiger partial charge >= 0.3 is 24.0 Å². The maximum Gasteiger partial charge on any atom is 0.407 e. The number of hydrogen-bond donors (Lipinski definition) is 1. The summed E-state index contributed by atoms with van der Waals surface area (Å²) >= 11 is 0. The van der Waals surface area contributed by atoms with E-state index in [4.69, 9.17) is 18.9 Å². The van der Waals surface area contributed by atoms with Crippen LogP contribution in [0.15, 0.2) is 0 Å². The number of carbonyl (C=O) groups excluding carboxylic acids is 4. The number of esters is 3. The van der Waals surface area contributed by atoms with Gasteiger partial charge in [-0.2, -0.15) is 0 Å². The minimum Gasteiger partial charge on any atom is -0.465 e. The number of amides is 1. The fourth-order valence-electron chi connectivity index (χ4n) is 8.26. The van der Waals surface area contributed by atoms with Crippen LogP contribution in [0.4, 0.5) is 4.79 Å². The highest BCUT2D eigenvalue weighted by Gasteiger charge is 2.16. The summed E-state index contributed by atoms with van der Waals surface area (Å²) < 4.78 is 22.7. The number of carbonyl (C=O) groups is 4. The van der Waals surface area contributed by atoms with Gasteiger partial charge in [0.15, 0.2) is 0 Å². The van der Waals surface area contributed by atoms with Gasteiger partial charge in [-0.25, -0.2) is 4.79 Å². The quantitative estimate of drug-likeness (QED) is 0.0364. The third-order valence-corrected chi connectivity index (χ3v) is 12.5. The molecule has 1 amide bonds. The van der Waals surface area contributed by atoms with E-state index in [-0.39, 0.29) is 49.2 Å². The van der Waals surface area contributed by atoms with Crippen LogP contribution in [0.25, 0.3) is 0 Å². The molecule has 0 radical (unpaired) electrons. The van der Waals surface area contributed by atoms with Gasteiger partial charge in [0.1, 0.15) is 12.2 Å². The first-order chi connectivity index (χ1) is 31.2. The monoisotopic (exact) mass is 908 g/mol. The molecule has 64 heavy (non-hydrogen) atoms. The second-order valence-electron chi connectivity index (χ2n) is 19.2. The molecule has 0 fully saturated rings. The van der Waals surface area contributed by atoms with Gasteiger partial charge in [0.25, 0.3) is 0 Å². The van der Waals surface area contributed by atoms with Crippen molar-refractivity contribution >= 4 is 24.0 Å². The van der Waals surface area contributed by atoms with E-state index >= 15 is 0 Å². The molecule has 378 valence electrons. The molecule has 0 aromatic heterocycles. The van der Waals surface area contributed by atoms with Crippen molar-refractivity contribution in [2.75, 3.05) is 19.8 Å². The van der Waals surface area contributed by atoms with E-state index < -0.39 is 6.09 Å². The highest BCUT2D eigenvalue weighted by Crippen LogP contribution is 2.20. The lowest BCUT2D eigenvalue weighted by Crippen LogP contribution is -2.28. The maximum absolute atomic E-state index is 12.7. The van der Waals surface area contributed by atoms with Gasteiger partial charge in [0, 0.05) is 31.7 Å². The summed E-state index contributed by atoms with van der Waals surface area (Å²) in [5.74, 6) is -0.456. The number of ether oxygens (including phenoxy) is 4. The summed E-state index contributed by atoms with van der Waals surface area (Å²) in [7, 11) is 0. The normalized spacial score (nSPS) is 11.9. The summed E-state index contributed by atoms with van der Waals surface area (Å²) in [6.07, 6.45) is 42.9. The Morgan fingerprint density at radius 3 is 1.03 bits per heavy atom. The third kappa shape index (κ3) is 44.9. The van der Waals surface area contributed by atoms with Crippen LogP contribution < -0.4 is 5.32 Å². The van der Waals surface area contributed by atoms with Gasteiger partial charge in [-0.1, -0.05) is 195 Å². The molecule has 9 nitrogen and oxygen atoms in total. The molecule has 0 aliphatic heterocycles. The predicted molar refractivity (Wildman–Crippen MR) is 267 cm³/mol. The number of hydrogen-bond acceptors (Lipinski definition) is 8. The average Bonchev–Trinajstić information content (AvgIpc) is 3.28. The van der Waals surface area contributed by atoms with E-state index in [1.165, 1.54) is 128 Å². The van der Waals surface area contributed by atoms with Crippen LogP contribution in [-0.4, -0.2) is 56.0 Å². The van der Waals surface area contributed by atoms with E-state index in [1.54, 1.807) is 0 Å². The van der Waals surface area contributed by atoms with Gasteiger partial charge < -0.3 is 24.3 Å². The fourth-order valence-corrected chi connectivity index (χ4v) is 8.26. The summed E-state index contributed by atoms with van der Waals surface area (Å²) in [5.41, 5.74) is 0. The van der Waals surface area contributed by atoms with Crippen LogP contribution in [0, 0.1) is 5.92 Å². The lowest BCUT2D eigenvalue weighted by molar-refractivity contribution is -0.151. The Kier molecular flexibility index (Phi) is 46.8. The van der Waals surface area contributed by atoms with Gasteiger partial charge in [-0.15, -0.1) is 0 Å². The van der Waals surface area contributed by atoms with Crippen molar-refractivity contribution in [1.82, 2.24) is 5.32 Å². The van der Waals surface area contributed by atoms with E-state index in [2.05, 4.69) is 33.0 Å². The zero-order chi connectivity index (χ0) is 47.0. The molecule has 0 aliphatic rings. The van der Waals surface area contributed by atoms with E-state index in [0.717, 1.165) is 109 Å². The average molecular weight is 908 g/mol. The van der Waals surface area contributed by atoms with Crippen molar-refractivity contribution in [3.63, 3.8) is 0 Å². The summed E-state index contributed by atoms with van der Waals surface area (Å²) in [6, 6.07) is 0. The van der Waals surface area contributed by atoms with Crippen LogP contribution >= 0.6 is 0 Å². The van der Waals surface area contributed by atoms with Crippen LogP contribution in [0.1, 0.15) is 291 Å². The molecule has 0 rings (SSSR count). The molecule has 0 aromatic rings. The van der Waals surface area contributed by atoms with Gasteiger partial charge in [-0.3, -0.25) is 14.4 Å². The number of rotatable bonds is 49. The molecule has 0 saturated heterocycles. The smallest absolute Gasteiger partial charge is 0.407 e. The summed E-state index contributed by atoms with van der Waals surface area (Å²) in [5, 5.41) is 2.82. The van der Waals surface area contributed by atoms with Crippen molar-refractivity contribution < 1.29 is 38.1 Å². The standard InChI is InChI=1S/C55H105NO8/c1-6-10-14-18-23-31-39-50(40-32-24-19-15-11-7-2)63-53(58)44-36-27-22-30-38-46-56-55(60)62-48-49(5)47-61-52(57)43-35-28-29-37-45-54(59)64-51(41-33-25-20-16-12-8-3)42-34-26-21-17-13-9-4/h49-51H,6-48H2,1-5H3,(H,56,60). The van der Waals surface area contributed by atoms with Gasteiger partial charge in [0.2, 0.25) is 0 Å². The Morgan fingerprint density at radius 1 is 0.359 bits per heavy atom. The van der Waals surface area contributed by atoms with Gasteiger partial charge in [0.05, 0.1) is 13.2 Å². The van der Waals surface area contributed by atoms with Gasteiger partial charge in [-0.05, 0) is 77.0 Å². The Labute approximate surface area is 395 Å². The van der Waals surface area contributed by atoms with Crippen molar-refractivity contribution in [3.05, 3.63) is 0 Å². The van der Waals surface area contributed by atoms with Crippen molar-refractivity contribution in [3.8, 4) is 0 Å². The zero-order valence-corrected chi connectivity index (χ0v) is 42.9. The fraction of sp³-hybridized carbons (Fsp3) is 0.927. The lowest BCUT2D eigenvalue weighted by Gasteiger charge is -2.18. The molecule has 0 spiro atoms. The van der Waals surface area contributed by atoms with Crippen LogP contribution in [0.3, 0.4) is 0 Å². The molecule has 1 N–H and O–H groups in total. The Bertz CT molecular complexity index is 1020. The van der Waals surface area contributed by atoms with Crippen LogP contribution in [0.5, 0.6) is 0 Å². The third-order valence-electron chi connectivity index (χ3n) is 12.5. The topological polar surface area (TPSA) is 117 Å². The number of nitrogens with one attached hydrogen (secondary N) is 1. The van der Waals surface area contributed by atoms with Crippen LogP contribution in [-0.2, 0) is 33.3 Å².